The molecule has 2 rings (SSSR count). The largest absolute Gasteiger partial charge is 0.509 e. The third-order valence-electron chi connectivity index (χ3n) is 4.76. The van der Waals surface area contributed by atoms with Crippen LogP contribution in [0.15, 0.2) is 0 Å². The van der Waals surface area contributed by atoms with Gasteiger partial charge in [-0.25, -0.2) is 4.79 Å². The van der Waals surface area contributed by atoms with Crippen molar-refractivity contribution in [2.45, 2.75) is 63.6 Å². The summed E-state index contributed by atoms with van der Waals surface area (Å²) in [5, 5.41) is -0.0679. The van der Waals surface area contributed by atoms with Gasteiger partial charge in [-0.3, -0.25) is 9.59 Å². The SMILES string of the molecule is CCCOC(=O)OCSC(=O)[C@@H]1N2C(=O)[C@@H](C(C)CC)[C@H]2SC1(C)C. The van der Waals surface area contributed by atoms with E-state index in [1.807, 2.05) is 20.8 Å². The van der Waals surface area contributed by atoms with Crippen LogP contribution >= 0.6 is 23.5 Å². The van der Waals surface area contributed by atoms with E-state index in [-0.39, 0.29) is 33.0 Å². The molecule has 25 heavy (non-hydrogen) atoms. The number of ether oxygens (including phenoxy) is 2. The van der Waals surface area contributed by atoms with Crippen molar-refractivity contribution in [3.05, 3.63) is 0 Å². The standard InChI is InChI=1S/C17H27NO5S2/c1-6-8-22-16(21)23-9-24-15(20)12-17(4,5)25-14-11(10(3)7-2)13(19)18(12)14/h10-12,14H,6-9H2,1-5H3/t10?,11-,12+,14-/m1/s1. The Morgan fingerprint density at radius 3 is 2.60 bits per heavy atom. The van der Waals surface area contributed by atoms with Crippen LogP contribution in [-0.4, -0.2) is 50.8 Å². The highest BCUT2D eigenvalue weighted by molar-refractivity contribution is 8.13. The van der Waals surface area contributed by atoms with Crippen molar-refractivity contribution in [3.8, 4) is 0 Å². The number of carbonyl (C=O) groups excluding carboxylic acids is 3. The molecule has 2 saturated heterocycles. The maximum absolute atomic E-state index is 12.7. The molecule has 0 aromatic heterocycles. The van der Waals surface area contributed by atoms with Crippen LogP contribution in [0.25, 0.3) is 0 Å². The summed E-state index contributed by atoms with van der Waals surface area (Å²) in [5.74, 6) is 0.285. The lowest BCUT2D eigenvalue weighted by Crippen LogP contribution is -2.63. The molecule has 0 aromatic carbocycles. The van der Waals surface area contributed by atoms with Gasteiger partial charge >= 0.3 is 6.16 Å². The Morgan fingerprint density at radius 2 is 2.00 bits per heavy atom. The van der Waals surface area contributed by atoms with Gasteiger partial charge in [0.25, 0.3) is 0 Å². The molecule has 8 heteroatoms. The van der Waals surface area contributed by atoms with Crippen LogP contribution in [0.1, 0.15) is 47.5 Å². The van der Waals surface area contributed by atoms with Crippen LogP contribution < -0.4 is 0 Å². The predicted molar refractivity (Wildman–Crippen MR) is 99.2 cm³/mol. The van der Waals surface area contributed by atoms with Crippen molar-refractivity contribution in [1.82, 2.24) is 4.90 Å². The summed E-state index contributed by atoms with van der Waals surface area (Å²) >= 11 is 2.62. The minimum absolute atomic E-state index is 0.00246. The van der Waals surface area contributed by atoms with E-state index >= 15 is 0 Å². The summed E-state index contributed by atoms with van der Waals surface area (Å²) in [5.41, 5.74) is 0. The van der Waals surface area contributed by atoms with Gasteiger partial charge in [0, 0.05) is 4.75 Å². The average molecular weight is 390 g/mol. The molecule has 2 aliphatic rings. The van der Waals surface area contributed by atoms with Gasteiger partial charge in [0.15, 0.2) is 0 Å². The normalized spacial score (nSPS) is 28.1. The first-order chi connectivity index (χ1) is 11.7. The van der Waals surface area contributed by atoms with Crippen LogP contribution in [0.5, 0.6) is 0 Å². The zero-order valence-electron chi connectivity index (χ0n) is 15.4. The zero-order chi connectivity index (χ0) is 18.8. The Morgan fingerprint density at radius 1 is 1.32 bits per heavy atom. The molecule has 142 valence electrons. The van der Waals surface area contributed by atoms with E-state index in [4.69, 9.17) is 9.47 Å². The molecule has 0 spiro atoms. The summed E-state index contributed by atoms with van der Waals surface area (Å²) in [7, 11) is 0. The summed E-state index contributed by atoms with van der Waals surface area (Å²) in [4.78, 5) is 38.3. The van der Waals surface area contributed by atoms with Gasteiger partial charge in [0.2, 0.25) is 11.0 Å². The Bertz CT molecular complexity index is 539. The third-order valence-corrected chi connectivity index (χ3v) is 7.10. The van der Waals surface area contributed by atoms with Crippen LogP contribution in [0, 0.1) is 11.8 Å². The first kappa shape index (κ1) is 20.4. The van der Waals surface area contributed by atoms with E-state index in [1.54, 1.807) is 16.7 Å². The van der Waals surface area contributed by atoms with Crippen LogP contribution in [0.3, 0.4) is 0 Å². The van der Waals surface area contributed by atoms with Crippen molar-refractivity contribution in [2.75, 3.05) is 12.5 Å². The van der Waals surface area contributed by atoms with Crippen molar-refractivity contribution < 1.29 is 23.9 Å². The molecule has 2 heterocycles. The fourth-order valence-electron chi connectivity index (χ4n) is 3.24. The maximum atomic E-state index is 12.7. The molecule has 0 aliphatic carbocycles. The van der Waals surface area contributed by atoms with Crippen LogP contribution in [0.2, 0.25) is 0 Å². The number of amides is 1. The van der Waals surface area contributed by atoms with E-state index in [9.17, 15) is 14.4 Å². The fraction of sp³-hybridized carbons (Fsp3) is 0.824. The fourth-order valence-corrected chi connectivity index (χ4v) is 6.00. The second kappa shape index (κ2) is 8.20. The van der Waals surface area contributed by atoms with Gasteiger partial charge < -0.3 is 14.4 Å². The Hall–Kier alpha value is -0.890. The third kappa shape index (κ3) is 4.10. The maximum Gasteiger partial charge on any atom is 0.509 e. The van der Waals surface area contributed by atoms with Crippen LogP contribution in [-0.2, 0) is 19.1 Å². The second-order valence-corrected chi connectivity index (χ2v) is 9.69. The van der Waals surface area contributed by atoms with Crippen molar-refractivity contribution in [1.29, 1.82) is 0 Å². The first-order valence-corrected chi connectivity index (χ1v) is 10.6. The quantitative estimate of drug-likeness (QED) is 0.375. The highest BCUT2D eigenvalue weighted by atomic mass is 32.2. The van der Waals surface area contributed by atoms with E-state index in [1.165, 1.54) is 0 Å². The first-order valence-electron chi connectivity index (χ1n) is 8.70. The molecule has 0 bridgehead atoms. The molecule has 1 amide bonds. The smallest absolute Gasteiger partial charge is 0.434 e. The number of hydrogen-bond donors (Lipinski definition) is 0. The van der Waals surface area contributed by atoms with E-state index < -0.39 is 12.2 Å². The predicted octanol–water partition coefficient (Wildman–Crippen LogP) is 3.49. The van der Waals surface area contributed by atoms with Crippen molar-refractivity contribution in [2.24, 2.45) is 11.8 Å². The minimum Gasteiger partial charge on any atom is -0.434 e. The summed E-state index contributed by atoms with van der Waals surface area (Å²) in [6, 6.07) is -0.490. The molecular formula is C17H27NO5S2. The zero-order valence-corrected chi connectivity index (χ0v) is 17.1. The van der Waals surface area contributed by atoms with Gasteiger partial charge in [-0.1, -0.05) is 27.2 Å². The number of hydrogen-bond acceptors (Lipinski definition) is 7. The molecule has 0 saturated carbocycles. The lowest BCUT2D eigenvalue weighted by atomic mass is 9.82. The molecule has 0 radical (unpaired) electrons. The number of thioether (sulfide) groups is 2. The molecule has 2 aliphatic heterocycles. The van der Waals surface area contributed by atoms with E-state index in [2.05, 4.69) is 13.8 Å². The average Bonchev–Trinajstić information content (AvgIpc) is 2.80. The Balaban J connectivity index is 1.93. The number of β-lactam (4-membered cyclic amide) rings is 1. The van der Waals surface area contributed by atoms with Gasteiger partial charge in [-0.05, 0) is 37.9 Å². The molecule has 0 N–H and O–H groups in total. The van der Waals surface area contributed by atoms with E-state index in [0.29, 0.717) is 18.9 Å². The summed E-state index contributed by atoms with van der Waals surface area (Å²) in [6.45, 7) is 10.3. The highest BCUT2D eigenvalue weighted by Gasteiger charge is 2.63. The Labute approximate surface area is 157 Å². The number of carbonyl (C=O) groups is 3. The molecule has 2 fully saturated rings. The number of nitrogens with zero attached hydrogens (tertiary/aromatic N) is 1. The monoisotopic (exact) mass is 389 g/mol. The number of rotatable bonds is 7. The minimum atomic E-state index is -0.767. The topological polar surface area (TPSA) is 72.9 Å². The summed E-state index contributed by atoms with van der Waals surface area (Å²) in [6.07, 6.45) is 0.893. The molecule has 0 aromatic rings. The van der Waals surface area contributed by atoms with Crippen LogP contribution in [0.4, 0.5) is 4.79 Å². The van der Waals surface area contributed by atoms with Gasteiger partial charge in [0.05, 0.1) is 17.9 Å². The molecular weight excluding hydrogens is 362 g/mol. The van der Waals surface area contributed by atoms with Gasteiger partial charge in [0.1, 0.15) is 12.0 Å². The second-order valence-electron chi connectivity index (χ2n) is 7.00. The lowest BCUT2D eigenvalue weighted by Gasteiger charge is -2.46. The Kier molecular flexibility index (Phi) is 6.70. The molecule has 1 unspecified atom stereocenters. The lowest BCUT2D eigenvalue weighted by molar-refractivity contribution is -0.158. The number of fused-ring (bicyclic) bond motifs is 1. The highest BCUT2D eigenvalue weighted by Crippen LogP contribution is 2.56. The van der Waals surface area contributed by atoms with E-state index in [0.717, 1.165) is 18.2 Å². The molecule has 4 atom stereocenters. The van der Waals surface area contributed by atoms with Gasteiger partial charge in [-0.15, -0.1) is 11.8 Å². The van der Waals surface area contributed by atoms with Crippen molar-refractivity contribution in [3.63, 3.8) is 0 Å². The van der Waals surface area contributed by atoms with Crippen molar-refractivity contribution >= 4 is 40.7 Å². The molecule has 6 nitrogen and oxygen atoms in total. The summed E-state index contributed by atoms with van der Waals surface area (Å²) < 4.78 is 9.35. The van der Waals surface area contributed by atoms with Gasteiger partial charge in [-0.2, -0.15) is 0 Å².